The van der Waals surface area contributed by atoms with Gasteiger partial charge in [0.15, 0.2) is 11.0 Å². The standard InChI is InChI=1S/C25H27N5O2S2/c1-3-14-30-23(18-11-8-9-12-20(18)32-2)28-29-25(30)33-16-22(31)27-24-19(15-26)17-10-6-4-5-7-13-21(17)34-24/h3,8-9,11-12H,1,4-7,10,13-14,16H2,2H3,(H,27,31). The van der Waals surface area contributed by atoms with Crippen molar-refractivity contribution in [3.8, 4) is 23.2 Å². The molecule has 0 saturated heterocycles. The molecule has 0 fully saturated rings. The molecule has 2 heterocycles. The van der Waals surface area contributed by atoms with Crippen LogP contribution in [0.15, 0.2) is 42.1 Å². The molecule has 0 radical (unpaired) electrons. The molecule has 1 aliphatic carbocycles. The lowest BCUT2D eigenvalue weighted by Crippen LogP contribution is -2.14. The number of aromatic nitrogens is 3. The third-order valence-corrected chi connectivity index (χ3v) is 7.92. The lowest BCUT2D eigenvalue weighted by Gasteiger charge is -2.10. The van der Waals surface area contributed by atoms with Gasteiger partial charge in [0.1, 0.15) is 16.8 Å². The molecule has 1 aliphatic rings. The highest BCUT2D eigenvalue weighted by molar-refractivity contribution is 7.99. The van der Waals surface area contributed by atoms with Gasteiger partial charge in [-0.15, -0.1) is 28.1 Å². The predicted octanol–water partition coefficient (Wildman–Crippen LogP) is 5.46. The average Bonchev–Trinajstić information content (AvgIpc) is 3.38. The summed E-state index contributed by atoms with van der Waals surface area (Å²) in [6, 6.07) is 9.95. The second kappa shape index (κ2) is 11.4. The molecule has 2 aromatic heterocycles. The van der Waals surface area contributed by atoms with E-state index in [1.54, 1.807) is 24.5 Å². The number of amides is 1. The van der Waals surface area contributed by atoms with Crippen molar-refractivity contribution in [1.29, 1.82) is 5.26 Å². The van der Waals surface area contributed by atoms with Crippen LogP contribution in [0.4, 0.5) is 5.00 Å². The number of benzene rings is 1. The zero-order valence-electron chi connectivity index (χ0n) is 19.2. The summed E-state index contributed by atoms with van der Waals surface area (Å²) < 4.78 is 7.39. The normalized spacial score (nSPS) is 13.3. The van der Waals surface area contributed by atoms with Crippen LogP contribution in [0.5, 0.6) is 5.75 Å². The maximum absolute atomic E-state index is 12.8. The van der Waals surface area contributed by atoms with Crippen molar-refractivity contribution in [3.63, 3.8) is 0 Å². The van der Waals surface area contributed by atoms with Crippen LogP contribution in [0.25, 0.3) is 11.4 Å². The number of aryl methyl sites for hydroxylation is 1. The van der Waals surface area contributed by atoms with Crippen LogP contribution >= 0.6 is 23.1 Å². The largest absolute Gasteiger partial charge is 0.496 e. The second-order valence-corrected chi connectivity index (χ2v) is 10.0. The lowest BCUT2D eigenvalue weighted by atomic mass is 9.97. The molecule has 1 amide bonds. The number of anilines is 1. The minimum Gasteiger partial charge on any atom is -0.496 e. The zero-order valence-corrected chi connectivity index (χ0v) is 20.8. The van der Waals surface area contributed by atoms with Gasteiger partial charge in [0.2, 0.25) is 5.91 Å². The third kappa shape index (κ3) is 5.18. The number of carbonyl (C=O) groups excluding carboxylic acids is 1. The lowest BCUT2D eigenvalue weighted by molar-refractivity contribution is -0.113. The number of hydrogen-bond acceptors (Lipinski definition) is 7. The Morgan fingerprint density at radius 3 is 2.85 bits per heavy atom. The predicted molar refractivity (Wildman–Crippen MR) is 136 cm³/mol. The first-order chi connectivity index (χ1) is 16.7. The highest BCUT2D eigenvalue weighted by Crippen LogP contribution is 2.37. The number of thioether (sulfide) groups is 1. The number of nitrogens with one attached hydrogen (secondary N) is 1. The van der Waals surface area contributed by atoms with Gasteiger partial charge in [-0.3, -0.25) is 9.36 Å². The molecule has 3 aromatic rings. The summed E-state index contributed by atoms with van der Waals surface area (Å²) in [5.74, 6) is 1.36. The smallest absolute Gasteiger partial charge is 0.235 e. The first-order valence-electron chi connectivity index (χ1n) is 11.3. The number of ether oxygens (including phenoxy) is 1. The number of fused-ring (bicyclic) bond motifs is 1. The van der Waals surface area contributed by atoms with Crippen LogP contribution in [0.1, 0.15) is 41.7 Å². The van der Waals surface area contributed by atoms with Crippen LogP contribution in [0.2, 0.25) is 0 Å². The van der Waals surface area contributed by atoms with Gasteiger partial charge in [0, 0.05) is 11.4 Å². The van der Waals surface area contributed by atoms with E-state index in [4.69, 9.17) is 4.74 Å². The number of thiophene rings is 1. The number of allylic oxidation sites excluding steroid dienone is 1. The third-order valence-electron chi connectivity index (χ3n) is 5.74. The number of hydrogen-bond donors (Lipinski definition) is 1. The molecule has 176 valence electrons. The maximum Gasteiger partial charge on any atom is 0.235 e. The first-order valence-corrected chi connectivity index (χ1v) is 13.1. The summed E-state index contributed by atoms with van der Waals surface area (Å²) in [5, 5.41) is 22.7. The molecular formula is C25H27N5O2S2. The molecule has 34 heavy (non-hydrogen) atoms. The molecule has 9 heteroatoms. The Balaban J connectivity index is 1.50. The molecular weight excluding hydrogens is 466 g/mol. The fourth-order valence-corrected chi connectivity index (χ4v) is 6.14. The summed E-state index contributed by atoms with van der Waals surface area (Å²) in [6.07, 6.45) is 8.31. The number of carbonyl (C=O) groups is 1. The zero-order chi connectivity index (χ0) is 23.9. The monoisotopic (exact) mass is 493 g/mol. The van der Waals surface area contributed by atoms with Gasteiger partial charge in [-0.2, -0.15) is 5.26 Å². The molecule has 1 aromatic carbocycles. The van der Waals surface area contributed by atoms with Gasteiger partial charge in [0.05, 0.1) is 24.0 Å². The van der Waals surface area contributed by atoms with Crippen LogP contribution in [-0.4, -0.2) is 33.5 Å². The van der Waals surface area contributed by atoms with Crippen molar-refractivity contribution in [2.24, 2.45) is 0 Å². The maximum atomic E-state index is 12.8. The summed E-state index contributed by atoms with van der Waals surface area (Å²) in [4.78, 5) is 14.1. The Hall–Kier alpha value is -3.09. The van der Waals surface area contributed by atoms with Gasteiger partial charge >= 0.3 is 0 Å². The first kappa shape index (κ1) is 24.0. The van der Waals surface area contributed by atoms with E-state index in [0.29, 0.717) is 33.8 Å². The van der Waals surface area contributed by atoms with E-state index in [1.165, 1.54) is 29.5 Å². The van der Waals surface area contributed by atoms with E-state index in [2.05, 4.69) is 28.2 Å². The van der Waals surface area contributed by atoms with Crippen molar-refractivity contribution in [3.05, 3.63) is 52.9 Å². The molecule has 0 bridgehead atoms. The Labute approximate surface area is 207 Å². The van der Waals surface area contributed by atoms with Gasteiger partial charge in [-0.05, 0) is 43.4 Å². The van der Waals surface area contributed by atoms with Crippen LogP contribution in [0.3, 0.4) is 0 Å². The molecule has 4 rings (SSSR count). The van der Waals surface area contributed by atoms with Gasteiger partial charge in [-0.25, -0.2) is 0 Å². The minimum absolute atomic E-state index is 0.161. The van der Waals surface area contributed by atoms with Crippen molar-refractivity contribution in [2.75, 3.05) is 18.2 Å². The fraction of sp³-hybridized carbons (Fsp3) is 0.360. The van der Waals surface area contributed by atoms with Crippen molar-refractivity contribution in [2.45, 2.75) is 50.2 Å². The quantitative estimate of drug-likeness (QED) is 0.331. The summed E-state index contributed by atoms with van der Waals surface area (Å²) in [6.45, 7) is 4.34. The SMILES string of the molecule is C=CCn1c(SCC(=O)Nc2sc3c(c2C#N)CCCCCC3)nnc1-c1ccccc1OC. The molecule has 0 unspecified atom stereocenters. The fourth-order valence-electron chi connectivity index (χ4n) is 4.14. The Kier molecular flexibility index (Phi) is 8.03. The van der Waals surface area contributed by atoms with Crippen molar-refractivity contribution >= 4 is 34.0 Å². The van der Waals surface area contributed by atoms with Crippen LogP contribution in [0, 0.1) is 11.3 Å². The van der Waals surface area contributed by atoms with Crippen molar-refractivity contribution < 1.29 is 9.53 Å². The summed E-state index contributed by atoms with van der Waals surface area (Å²) in [5.41, 5.74) is 2.58. The number of nitrogens with zero attached hydrogens (tertiary/aromatic N) is 4. The second-order valence-electron chi connectivity index (χ2n) is 7.98. The van der Waals surface area contributed by atoms with E-state index in [1.807, 2.05) is 28.8 Å². The Bertz CT molecular complexity index is 1220. The highest BCUT2D eigenvalue weighted by atomic mass is 32.2. The topological polar surface area (TPSA) is 92.8 Å². The van der Waals surface area contributed by atoms with E-state index < -0.39 is 0 Å². The Morgan fingerprint density at radius 1 is 1.29 bits per heavy atom. The Morgan fingerprint density at radius 2 is 2.09 bits per heavy atom. The summed E-state index contributed by atoms with van der Waals surface area (Å²) in [7, 11) is 1.62. The molecule has 7 nitrogen and oxygen atoms in total. The van der Waals surface area contributed by atoms with Crippen LogP contribution in [-0.2, 0) is 24.2 Å². The van der Waals surface area contributed by atoms with Gasteiger partial charge < -0.3 is 10.1 Å². The molecule has 0 atom stereocenters. The minimum atomic E-state index is -0.164. The number of methoxy groups -OCH3 is 1. The van der Waals surface area contributed by atoms with Crippen LogP contribution < -0.4 is 10.1 Å². The number of rotatable bonds is 8. The average molecular weight is 494 g/mol. The van der Waals surface area contributed by atoms with Gasteiger partial charge in [-0.1, -0.05) is 42.8 Å². The van der Waals surface area contributed by atoms with E-state index in [9.17, 15) is 10.1 Å². The summed E-state index contributed by atoms with van der Waals surface area (Å²) >= 11 is 2.86. The molecule has 1 N–H and O–H groups in total. The number of para-hydroxylation sites is 1. The molecule has 0 saturated carbocycles. The van der Waals surface area contributed by atoms with E-state index >= 15 is 0 Å². The molecule has 0 aliphatic heterocycles. The van der Waals surface area contributed by atoms with E-state index in [-0.39, 0.29) is 11.7 Å². The highest BCUT2D eigenvalue weighted by Gasteiger charge is 2.22. The van der Waals surface area contributed by atoms with E-state index in [0.717, 1.165) is 36.8 Å². The molecule has 0 spiro atoms. The van der Waals surface area contributed by atoms with Crippen molar-refractivity contribution in [1.82, 2.24) is 14.8 Å². The van der Waals surface area contributed by atoms with Gasteiger partial charge in [0.25, 0.3) is 0 Å². The number of nitriles is 1.